The molecule has 1 aliphatic heterocycles. The Labute approximate surface area is 175 Å². The van der Waals surface area contributed by atoms with Crippen LogP contribution in [0.2, 0.25) is 0 Å². The summed E-state index contributed by atoms with van der Waals surface area (Å²) in [6.45, 7) is 1.09. The van der Waals surface area contributed by atoms with Gasteiger partial charge in [-0.25, -0.2) is 4.98 Å². The first-order chi connectivity index (χ1) is 14.2. The zero-order valence-electron chi connectivity index (χ0n) is 15.6. The average molecular weight is 453 g/mol. The monoisotopic (exact) mass is 452 g/mol. The maximum Gasteiger partial charge on any atom is 0.278 e. The predicted molar refractivity (Wildman–Crippen MR) is 109 cm³/mol. The summed E-state index contributed by atoms with van der Waals surface area (Å²) in [5.74, 6) is 1.74. The summed E-state index contributed by atoms with van der Waals surface area (Å²) in [6, 6.07) is 15.7. The number of hydrogen-bond donors (Lipinski definition) is 0. The minimum Gasteiger partial charge on any atom is -0.497 e. The summed E-state index contributed by atoms with van der Waals surface area (Å²) in [6.07, 6.45) is 1.75. The van der Waals surface area contributed by atoms with Gasteiger partial charge in [-0.3, -0.25) is 0 Å². The minimum absolute atomic E-state index is 0.0460. The molecule has 0 saturated heterocycles. The van der Waals surface area contributed by atoms with E-state index in [2.05, 4.69) is 35.6 Å². The number of methoxy groups -OCH3 is 1. The number of imidazole rings is 1. The van der Waals surface area contributed by atoms with Crippen LogP contribution in [0.15, 0.2) is 63.9 Å². The molecule has 7 nitrogen and oxygen atoms in total. The van der Waals surface area contributed by atoms with Gasteiger partial charge in [0.05, 0.1) is 32.3 Å². The Morgan fingerprint density at radius 3 is 2.83 bits per heavy atom. The largest absolute Gasteiger partial charge is 0.497 e. The topological polar surface area (TPSA) is 75.2 Å². The second kappa shape index (κ2) is 7.46. The predicted octanol–water partition coefficient (Wildman–Crippen LogP) is 4.64. The van der Waals surface area contributed by atoms with Gasteiger partial charge in [-0.2, -0.15) is 4.98 Å². The normalized spacial score (nSPS) is 15.9. The lowest BCUT2D eigenvalue weighted by molar-refractivity contribution is 0.00328. The quantitative estimate of drug-likeness (QED) is 0.448. The highest BCUT2D eigenvalue weighted by molar-refractivity contribution is 9.10. The van der Waals surface area contributed by atoms with E-state index in [9.17, 15) is 0 Å². The van der Waals surface area contributed by atoms with Gasteiger partial charge < -0.3 is 18.6 Å². The van der Waals surface area contributed by atoms with E-state index in [1.807, 2.05) is 48.5 Å². The van der Waals surface area contributed by atoms with Crippen molar-refractivity contribution >= 4 is 15.9 Å². The van der Waals surface area contributed by atoms with Crippen molar-refractivity contribution in [2.45, 2.75) is 19.3 Å². The minimum atomic E-state index is -0.0460. The summed E-state index contributed by atoms with van der Waals surface area (Å²) in [5.41, 5.74) is 3.56. The molecule has 0 saturated carbocycles. The lowest BCUT2D eigenvalue weighted by atomic mass is 10.1. The first kappa shape index (κ1) is 18.1. The zero-order chi connectivity index (χ0) is 19.8. The summed E-state index contributed by atoms with van der Waals surface area (Å²) in [7, 11) is 1.66. The molecule has 146 valence electrons. The lowest BCUT2D eigenvalue weighted by Crippen LogP contribution is -2.20. The molecular weight excluding hydrogens is 436 g/mol. The molecule has 2 aromatic heterocycles. The van der Waals surface area contributed by atoms with E-state index < -0.39 is 0 Å². The molecule has 3 heterocycles. The van der Waals surface area contributed by atoms with Crippen LogP contribution < -0.4 is 4.74 Å². The maximum absolute atomic E-state index is 6.09. The lowest BCUT2D eigenvalue weighted by Gasteiger charge is -2.25. The number of nitrogens with zero attached hydrogens (tertiary/aromatic N) is 4. The Morgan fingerprint density at radius 2 is 2.03 bits per heavy atom. The van der Waals surface area contributed by atoms with E-state index in [4.69, 9.17) is 14.0 Å². The van der Waals surface area contributed by atoms with Gasteiger partial charge in [-0.15, -0.1) is 0 Å². The van der Waals surface area contributed by atoms with E-state index >= 15 is 0 Å². The van der Waals surface area contributed by atoms with Crippen molar-refractivity contribution in [1.29, 1.82) is 0 Å². The van der Waals surface area contributed by atoms with E-state index in [1.165, 1.54) is 0 Å². The Balaban J connectivity index is 1.39. The van der Waals surface area contributed by atoms with Gasteiger partial charge in [0.25, 0.3) is 5.89 Å². The molecule has 0 unspecified atom stereocenters. The number of fused-ring (bicyclic) bond motifs is 1. The SMILES string of the molecule is COc1ccc([C@@H]2Cn3cnc(-c4nc(-c5cccc(Br)c5)no4)c3CO2)cc1. The highest BCUT2D eigenvalue weighted by Gasteiger charge is 2.26. The van der Waals surface area contributed by atoms with E-state index in [1.54, 1.807) is 13.4 Å². The fourth-order valence-corrected chi connectivity index (χ4v) is 3.79. The van der Waals surface area contributed by atoms with Gasteiger partial charge in [0.15, 0.2) is 5.69 Å². The van der Waals surface area contributed by atoms with Crippen LogP contribution in [0.5, 0.6) is 5.75 Å². The van der Waals surface area contributed by atoms with Crippen LogP contribution in [-0.4, -0.2) is 26.8 Å². The molecule has 1 atom stereocenters. The molecule has 4 aromatic rings. The van der Waals surface area contributed by atoms with Crippen LogP contribution in [0.4, 0.5) is 0 Å². The highest BCUT2D eigenvalue weighted by atomic mass is 79.9. The summed E-state index contributed by atoms with van der Waals surface area (Å²) in [5, 5.41) is 4.10. The van der Waals surface area contributed by atoms with Crippen LogP contribution in [0.3, 0.4) is 0 Å². The van der Waals surface area contributed by atoms with Crippen molar-refractivity contribution in [3.8, 4) is 28.7 Å². The Morgan fingerprint density at radius 1 is 1.17 bits per heavy atom. The Kier molecular flexibility index (Phi) is 4.65. The van der Waals surface area contributed by atoms with Crippen molar-refractivity contribution in [2.75, 3.05) is 7.11 Å². The second-order valence-electron chi connectivity index (χ2n) is 6.70. The standard InChI is InChI=1S/C21H17BrN4O3/c1-27-16-7-5-13(6-8-16)18-10-26-12-23-19(17(26)11-28-18)21-24-20(25-29-21)14-3-2-4-15(22)9-14/h2-9,12,18H,10-11H2,1H3/t18-/m0/s1. The van der Waals surface area contributed by atoms with Crippen molar-refractivity contribution in [3.63, 3.8) is 0 Å². The van der Waals surface area contributed by atoms with Gasteiger partial charge in [0.1, 0.15) is 11.9 Å². The molecule has 0 amide bonds. The van der Waals surface area contributed by atoms with Crippen molar-refractivity contribution in [2.24, 2.45) is 0 Å². The fraction of sp³-hybridized carbons (Fsp3) is 0.190. The maximum atomic E-state index is 6.09. The molecule has 0 spiro atoms. The molecule has 0 bridgehead atoms. The van der Waals surface area contributed by atoms with Crippen LogP contribution in [0, 0.1) is 0 Å². The Bertz CT molecular complexity index is 1150. The van der Waals surface area contributed by atoms with E-state index in [0.29, 0.717) is 30.6 Å². The molecule has 0 radical (unpaired) electrons. The third kappa shape index (κ3) is 3.45. The summed E-state index contributed by atoms with van der Waals surface area (Å²) >= 11 is 3.46. The van der Waals surface area contributed by atoms with Crippen molar-refractivity contribution < 1.29 is 14.0 Å². The van der Waals surface area contributed by atoms with E-state index in [0.717, 1.165) is 27.0 Å². The van der Waals surface area contributed by atoms with Crippen LogP contribution in [0.25, 0.3) is 23.0 Å². The van der Waals surface area contributed by atoms with Crippen molar-refractivity contribution in [3.05, 3.63) is 70.6 Å². The molecule has 29 heavy (non-hydrogen) atoms. The molecule has 8 heteroatoms. The molecule has 5 rings (SSSR count). The van der Waals surface area contributed by atoms with Gasteiger partial charge in [0.2, 0.25) is 5.82 Å². The van der Waals surface area contributed by atoms with Gasteiger partial charge in [-0.05, 0) is 29.8 Å². The number of hydrogen-bond acceptors (Lipinski definition) is 6. The summed E-state index contributed by atoms with van der Waals surface area (Å²) in [4.78, 5) is 9.03. The molecule has 0 fully saturated rings. The first-order valence-electron chi connectivity index (χ1n) is 9.11. The van der Waals surface area contributed by atoms with Crippen molar-refractivity contribution in [1.82, 2.24) is 19.7 Å². The number of benzene rings is 2. The fourth-order valence-electron chi connectivity index (χ4n) is 3.39. The molecular formula is C21H17BrN4O3. The summed E-state index contributed by atoms with van der Waals surface area (Å²) < 4.78 is 19.8. The molecule has 1 aliphatic rings. The van der Waals surface area contributed by atoms with Crippen LogP contribution >= 0.6 is 15.9 Å². The number of ether oxygens (including phenoxy) is 2. The Hall–Kier alpha value is -2.97. The number of rotatable bonds is 4. The zero-order valence-corrected chi connectivity index (χ0v) is 17.2. The first-order valence-corrected chi connectivity index (χ1v) is 9.90. The number of aromatic nitrogens is 4. The average Bonchev–Trinajstić information content (AvgIpc) is 3.40. The molecule has 0 N–H and O–H groups in total. The van der Waals surface area contributed by atoms with Crippen LogP contribution in [0.1, 0.15) is 17.4 Å². The van der Waals surface area contributed by atoms with Crippen LogP contribution in [-0.2, 0) is 17.9 Å². The van der Waals surface area contributed by atoms with Gasteiger partial charge >= 0.3 is 0 Å². The second-order valence-corrected chi connectivity index (χ2v) is 7.61. The van der Waals surface area contributed by atoms with E-state index in [-0.39, 0.29) is 6.10 Å². The van der Waals surface area contributed by atoms with Gasteiger partial charge in [0, 0.05) is 10.0 Å². The third-order valence-electron chi connectivity index (χ3n) is 4.93. The van der Waals surface area contributed by atoms with Gasteiger partial charge in [-0.1, -0.05) is 45.4 Å². The third-order valence-corrected chi connectivity index (χ3v) is 5.42. The molecule has 2 aromatic carbocycles. The number of halogens is 1. The molecule has 0 aliphatic carbocycles. The highest BCUT2D eigenvalue weighted by Crippen LogP contribution is 2.32. The smallest absolute Gasteiger partial charge is 0.278 e.